The maximum absolute atomic E-state index is 12.5. The first-order chi connectivity index (χ1) is 13.8. The Bertz CT molecular complexity index is 845. The van der Waals surface area contributed by atoms with Gasteiger partial charge >= 0.3 is 0 Å². The number of benzene rings is 2. The summed E-state index contributed by atoms with van der Waals surface area (Å²) < 4.78 is 16.6. The number of thioether (sulfide) groups is 1. The van der Waals surface area contributed by atoms with Gasteiger partial charge in [0.1, 0.15) is 16.7 Å². The van der Waals surface area contributed by atoms with E-state index in [1.165, 1.54) is 0 Å². The van der Waals surface area contributed by atoms with Crippen molar-refractivity contribution in [3.05, 3.63) is 53.6 Å². The Morgan fingerprint density at radius 2 is 1.72 bits per heavy atom. The predicted octanol–water partition coefficient (Wildman–Crippen LogP) is 4.70. The summed E-state index contributed by atoms with van der Waals surface area (Å²) in [6.45, 7) is 6.75. The van der Waals surface area contributed by atoms with Crippen molar-refractivity contribution in [2.75, 3.05) is 26.5 Å². The van der Waals surface area contributed by atoms with Crippen LogP contribution < -0.4 is 14.2 Å². The van der Waals surface area contributed by atoms with Gasteiger partial charge in [0.25, 0.3) is 0 Å². The van der Waals surface area contributed by atoms with Crippen LogP contribution >= 0.6 is 11.8 Å². The third-order valence-electron chi connectivity index (χ3n) is 4.65. The Morgan fingerprint density at radius 3 is 2.34 bits per heavy atom. The van der Waals surface area contributed by atoms with E-state index in [0.717, 1.165) is 23.3 Å². The van der Waals surface area contributed by atoms with Crippen LogP contribution in [0.25, 0.3) is 0 Å². The Hall–Kier alpha value is -2.34. The lowest BCUT2D eigenvalue weighted by atomic mass is 10.1. The molecule has 1 amide bonds. The number of ether oxygens (including phenoxy) is 3. The molecule has 2 aromatic carbocycles. The maximum atomic E-state index is 12.5. The second-order valence-electron chi connectivity index (χ2n) is 7.97. The summed E-state index contributed by atoms with van der Waals surface area (Å²) in [5.74, 6) is 2.94. The van der Waals surface area contributed by atoms with Crippen molar-refractivity contribution >= 4 is 17.7 Å². The molecule has 1 heterocycles. The Morgan fingerprint density at radius 1 is 1.03 bits per heavy atom. The lowest BCUT2D eigenvalue weighted by Crippen LogP contribution is -2.30. The molecule has 0 radical (unpaired) electrons. The molecule has 0 N–H and O–H groups in total. The third kappa shape index (κ3) is 5.38. The molecule has 1 unspecified atom stereocenters. The average Bonchev–Trinajstić information content (AvgIpc) is 3.06. The van der Waals surface area contributed by atoms with Gasteiger partial charge < -0.3 is 19.1 Å². The van der Waals surface area contributed by atoms with E-state index in [2.05, 4.69) is 12.1 Å². The zero-order valence-electron chi connectivity index (χ0n) is 17.7. The van der Waals surface area contributed by atoms with Crippen molar-refractivity contribution in [1.82, 2.24) is 4.90 Å². The second kappa shape index (κ2) is 8.99. The van der Waals surface area contributed by atoms with Crippen molar-refractivity contribution in [1.29, 1.82) is 0 Å². The van der Waals surface area contributed by atoms with Crippen LogP contribution in [0.4, 0.5) is 0 Å². The molecule has 6 heteroatoms. The summed E-state index contributed by atoms with van der Waals surface area (Å²) in [5, 5.41) is 0.0336. The van der Waals surface area contributed by atoms with Crippen LogP contribution in [-0.4, -0.2) is 42.9 Å². The average molecular weight is 416 g/mol. The number of amides is 1. The minimum Gasteiger partial charge on any atom is -0.493 e. The fourth-order valence-electron chi connectivity index (χ4n) is 3.31. The molecule has 1 aliphatic rings. The number of methoxy groups -OCH3 is 2. The minimum atomic E-state index is -0.231. The highest BCUT2D eigenvalue weighted by Crippen LogP contribution is 2.39. The zero-order valence-corrected chi connectivity index (χ0v) is 18.5. The fraction of sp³-hybridized carbons (Fsp3) is 0.435. The number of carbonyl (C=O) groups is 1. The van der Waals surface area contributed by atoms with Crippen LogP contribution in [-0.2, 0) is 11.2 Å². The van der Waals surface area contributed by atoms with Crippen LogP contribution in [0.3, 0.4) is 0 Å². The van der Waals surface area contributed by atoms with Gasteiger partial charge in [-0.15, -0.1) is 11.8 Å². The number of hydrogen-bond acceptors (Lipinski definition) is 5. The lowest BCUT2D eigenvalue weighted by molar-refractivity contribution is -0.128. The summed E-state index contributed by atoms with van der Waals surface area (Å²) in [6.07, 6.45) is 0.758. The van der Waals surface area contributed by atoms with E-state index in [0.29, 0.717) is 23.8 Å². The summed E-state index contributed by atoms with van der Waals surface area (Å²) >= 11 is 1.67. The summed E-state index contributed by atoms with van der Waals surface area (Å²) in [7, 11) is 3.26. The molecular formula is C23H29NO4S. The van der Waals surface area contributed by atoms with Crippen molar-refractivity contribution < 1.29 is 19.0 Å². The van der Waals surface area contributed by atoms with Gasteiger partial charge in [0.15, 0.2) is 11.5 Å². The zero-order chi connectivity index (χ0) is 21.0. The molecular weight excluding hydrogens is 386 g/mol. The Labute approximate surface area is 177 Å². The molecule has 1 atom stereocenters. The van der Waals surface area contributed by atoms with E-state index >= 15 is 0 Å². The highest BCUT2D eigenvalue weighted by Gasteiger charge is 2.32. The largest absolute Gasteiger partial charge is 0.493 e. The number of nitrogens with zero attached hydrogens (tertiary/aromatic N) is 1. The first kappa shape index (κ1) is 21.4. The first-order valence-corrected chi connectivity index (χ1v) is 10.8. The highest BCUT2D eigenvalue weighted by atomic mass is 32.2. The van der Waals surface area contributed by atoms with Gasteiger partial charge in [-0.25, -0.2) is 0 Å². The highest BCUT2D eigenvalue weighted by molar-refractivity contribution is 8.00. The summed E-state index contributed by atoms with van der Waals surface area (Å²) in [6, 6.07) is 14.0. The van der Waals surface area contributed by atoms with Crippen LogP contribution in [0.15, 0.2) is 42.5 Å². The van der Waals surface area contributed by atoms with Crippen LogP contribution in [0.5, 0.6) is 17.2 Å². The van der Waals surface area contributed by atoms with Gasteiger partial charge in [0, 0.05) is 6.54 Å². The number of hydrogen-bond donors (Lipinski definition) is 0. The molecule has 0 spiro atoms. The van der Waals surface area contributed by atoms with Crippen LogP contribution in [0.2, 0.25) is 0 Å². The van der Waals surface area contributed by atoms with Crippen molar-refractivity contribution in [3.8, 4) is 17.2 Å². The smallest absolute Gasteiger partial charge is 0.233 e. The third-order valence-corrected chi connectivity index (χ3v) is 5.90. The van der Waals surface area contributed by atoms with Crippen molar-refractivity contribution in [2.45, 2.75) is 38.2 Å². The van der Waals surface area contributed by atoms with Crippen molar-refractivity contribution in [2.24, 2.45) is 0 Å². The molecule has 1 saturated heterocycles. The normalized spacial score (nSPS) is 16.8. The molecule has 1 fully saturated rings. The Balaban J connectivity index is 1.69. The van der Waals surface area contributed by atoms with E-state index in [-0.39, 0.29) is 16.9 Å². The summed E-state index contributed by atoms with van der Waals surface area (Å²) in [5.41, 5.74) is 2.00. The SMILES string of the molecule is COc1ccc(CCN2C(=O)CSC2c2ccc(OC(C)(C)C)cc2)cc1OC. The minimum absolute atomic E-state index is 0.0336. The number of rotatable bonds is 7. The standard InChI is InChI=1S/C23H29NO4S/c1-23(2,3)28-18-9-7-17(8-10-18)22-24(21(25)15-29-22)13-12-16-6-11-19(26-4)20(14-16)27-5/h6-11,14,22H,12-13,15H2,1-5H3. The van der Waals surface area contributed by atoms with Crippen molar-refractivity contribution in [3.63, 3.8) is 0 Å². The Kier molecular flexibility index (Phi) is 6.63. The van der Waals surface area contributed by atoms with E-state index in [4.69, 9.17) is 14.2 Å². The number of carbonyl (C=O) groups excluding carboxylic acids is 1. The quantitative estimate of drug-likeness (QED) is 0.656. The molecule has 3 rings (SSSR count). The van der Waals surface area contributed by atoms with Gasteiger partial charge in [0.2, 0.25) is 5.91 Å². The molecule has 1 aliphatic heterocycles. The molecule has 0 aromatic heterocycles. The molecule has 0 bridgehead atoms. The molecule has 156 valence electrons. The lowest BCUT2D eigenvalue weighted by Gasteiger charge is -2.25. The molecule has 2 aromatic rings. The fourth-order valence-corrected chi connectivity index (χ4v) is 4.53. The van der Waals surface area contributed by atoms with Crippen LogP contribution in [0, 0.1) is 0 Å². The molecule has 29 heavy (non-hydrogen) atoms. The topological polar surface area (TPSA) is 48.0 Å². The monoisotopic (exact) mass is 415 g/mol. The first-order valence-electron chi connectivity index (χ1n) is 9.71. The van der Waals surface area contributed by atoms with Gasteiger partial charge in [-0.2, -0.15) is 0 Å². The van der Waals surface area contributed by atoms with E-state index in [9.17, 15) is 4.79 Å². The molecule has 5 nitrogen and oxygen atoms in total. The van der Waals surface area contributed by atoms with E-state index < -0.39 is 0 Å². The summed E-state index contributed by atoms with van der Waals surface area (Å²) in [4.78, 5) is 14.5. The second-order valence-corrected chi connectivity index (χ2v) is 9.04. The van der Waals surface area contributed by atoms with E-state index in [1.54, 1.807) is 26.0 Å². The van der Waals surface area contributed by atoms with Crippen LogP contribution in [0.1, 0.15) is 37.3 Å². The van der Waals surface area contributed by atoms with E-state index in [1.807, 2.05) is 56.0 Å². The van der Waals surface area contributed by atoms with Gasteiger partial charge in [-0.3, -0.25) is 4.79 Å². The maximum Gasteiger partial charge on any atom is 0.233 e. The molecule has 0 aliphatic carbocycles. The van der Waals surface area contributed by atoms with Gasteiger partial charge in [-0.05, 0) is 62.6 Å². The predicted molar refractivity (Wildman–Crippen MR) is 117 cm³/mol. The van der Waals surface area contributed by atoms with Gasteiger partial charge in [-0.1, -0.05) is 18.2 Å². The molecule has 0 saturated carbocycles. The van der Waals surface area contributed by atoms with Gasteiger partial charge in [0.05, 0.1) is 20.0 Å².